The highest BCUT2D eigenvalue weighted by atomic mass is 127. The Morgan fingerprint density at radius 3 is 2.62 bits per heavy atom. The fourth-order valence-electron chi connectivity index (χ4n) is 2.87. The molecule has 2 atom stereocenters. The quantitative estimate of drug-likeness (QED) is 0.385. The molecule has 0 aromatic heterocycles. The molecular formula is C19H23FIN3O2. The van der Waals surface area contributed by atoms with Crippen molar-refractivity contribution in [3.63, 3.8) is 0 Å². The van der Waals surface area contributed by atoms with Crippen LogP contribution in [0, 0.1) is 5.82 Å². The van der Waals surface area contributed by atoms with Crippen LogP contribution in [0.2, 0.25) is 0 Å². The number of methoxy groups -OCH3 is 2. The summed E-state index contributed by atoms with van der Waals surface area (Å²) in [5, 5.41) is 3.16. The summed E-state index contributed by atoms with van der Waals surface area (Å²) >= 11 is 0. The van der Waals surface area contributed by atoms with Crippen LogP contribution in [-0.2, 0) is 6.54 Å². The minimum Gasteiger partial charge on any atom is -0.493 e. The normalized spacial score (nSPS) is 18.7. The largest absolute Gasteiger partial charge is 0.493 e. The minimum atomic E-state index is -0.169. The summed E-state index contributed by atoms with van der Waals surface area (Å²) in [6.45, 7) is 0.427. The standard InChI is InChI=1S/C19H22FN3O2.HI/c1-24-17-8-7-12(9-18(17)25-2)11-22-19(21)23-16-10-14(16)13-5-3-4-6-15(13)20;/h3-9,14,16H,10-11H2,1-2H3,(H3,21,22,23);1H. The Balaban J connectivity index is 0.00000243. The number of nitrogens with one attached hydrogen (secondary N) is 1. The summed E-state index contributed by atoms with van der Waals surface area (Å²) in [4.78, 5) is 4.35. The van der Waals surface area contributed by atoms with Crippen molar-refractivity contribution in [3.05, 3.63) is 59.4 Å². The fraction of sp³-hybridized carbons (Fsp3) is 0.316. The molecule has 3 N–H and O–H groups in total. The second-order valence-electron chi connectivity index (χ2n) is 6.01. The molecule has 1 aliphatic rings. The molecule has 140 valence electrons. The number of ether oxygens (including phenoxy) is 2. The third kappa shape index (κ3) is 4.78. The molecule has 0 spiro atoms. The molecule has 3 rings (SSSR count). The van der Waals surface area contributed by atoms with Gasteiger partial charge in [0.1, 0.15) is 5.82 Å². The topological polar surface area (TPSA) is 68.9 Å². The number of guanidine groups is 1. The summed E-state index contributed by atoms with van der Waals surface area (Å²) in [7, 11) is 3.19. The number of hydrogen-bond acceptors (Lipinski definition) is 3. The van der Waals surface area contributed by atoms with Gasteiger partial charge < -0.3 is 20.5 Å². The van der Waals surface area contributed by atoms with E-state index < -0.39 is 0 Å². The van der Waals surface area contributed by atoms with Gasteiger partial charge in [0.25, 0.3) is 0 Å². The Kier molecular flexibility index (Phi) is 7.07. The molecular weight excluding hydrogens is 448 g/mol. The van der Waals surface area contributed by atoms with E-state index in [0.29, 0.717) is 24.0 Å². The lowest BCUT2D eigenvalue weighted by Gasteiger charge is -2.09. The first-order valence-corrected chi connectivity index (χ1v) is 8.14. The van der Waals surface area contributed by atoms with Crippen molar-refractivity contribution in [1.82, 2.24) is 5.32 Å². The van der Waals surface area contributed by atoms with Crippen molar-refractivity contribution in [3.8, 4) is 11.5 Å². The van der Waals surface area contributed by atoms with Crippen LogP contribution in [0.4, 0.5) is 4.39 Å². The predicted octanol–water partition coefficient (Wildman–Crippen LogP) is 3.42. The number of halogens is 2. The van der Waals surface area contributed by atoms with E-state index in [1.807, 2.05) is 30.3 Å². The van der Waals surface area contributed by atoms with Crippen molar-refractivity contribution < 1.29 is 13.9 Å². The van der Waals surface area contributed by atoms with Gasteiger partial charge in [-0.15, -0.1) is 24.0 Å². The molecule has 2 aromatic rings. The van der Waals surface area contributed by atoms with Crippen LogP contribution in [-0.4, -0.2) is 26.2 Å². The lowest BCUT2D eigenvalue weighted by molar-refractivity contribution is 0.354. The first-order chi connectivity index (χ1) is 12.1. The molecule has 2 aromatic carbocycles. The Bertz CT molecular complexity index is 785. The second-order valence-corrected chi connectivity index (χ2v) is 6.01. The molecule has 0 saturated heterocycles. The van der Waals surface area contributed by atoms with E-state index in [2.05, 4.69) is 10.3 Å². The molecule has 7 heteroatoms. The van der Waals surface area contributed by atoms with Crippen LogP contribution in [0.15, 0.2) is 47.5 Å². The van der Waals surface area contributed by atoms with E-state index in [9.17, 15) is 4.39 Å². The lowest BCUT2D eigenvalue weighted by atomic mass is 10.1. The smallest absolute Gasteiger partial charge is 0.189 e. The van der Waals surface area contributed by atoms with Crippen molar-refractivity contribution in [2.45, 2.75) is 24.9 Å². The molecule has 0 bridgehead atoms. The molecule has 1 fully saturated rings. The number of hydrogen-bond donors (Lipinski definition) is 2. The van der Waals surface area contributed by atoms with Crippen molar-refractivity contribution in [2.75, 3.05) is 14.2 Å². The molecule has 0 radical (unpaired) electrons. The summed E-state index contributed by atoms with van der Waals surface area (Å²) in [5.74, 6) is 1.67. The van der Waals surface area contributed by atoms with Gasteiger partial charge in [0, 0.05) is 12.0 Å². The van der Waals surface area contributed by atoms with Gasteiger partial charge >= 0.3 is 0 Å². The van der Waals surface area contributed by atoms with Gasteiger partial charge in [-0.1, -0.05) is 24.3 Å². The van der Waals surface area contributed by atoms with Crippen LogP contribution in [0.3, 0.4) is 0 Å². The summed E-state index contributed by atoms with van der Waals surface area (Å²) < 4.78 is 24.3. The molecule has 0 aliphatic heterocycles. The number of nitrogens with zero attached hydrogens (tertiary/aromatic N) is 1. The van der Waals surface area contributed by atoms with Gasteiger partial charge in [-0.2, -0.15) is 0 Å². The summed E-state index contributed by atoms with van der Waals surface area (Å²) in [6.07, 6.45) is 0.855. The van der Waals surface area contributed by atoms with Gasteiger partial charge in [0.2, 0.25) is 0 Å². The molecule has 0 amide bonds. The van der Waals surface area contributed by atoms with E-state index in [-0.39, 0.29) is 41.8 Å². The molecule has 5 nitrogen and oxygen atoms in total. The highest BCUT2D eigenvalue weighted by molar-refractivity contribution is 14.0. The van der Waals surface area contributed by atoms with E-state index in [1.165, 1.54) is 6.07 Å². The maximum atomic E-state index is 13.8. The van der Waals surface area contributed by atoms with E-state index in [0.717, 1.165) is 17.5 Å². The van der Waals surface area contributed by atoms with Crippen molar-refractivity contribution in [1.29, 1.82) is 0 Å². The van der Waals surface area contributed by atoms with Crippen LogP contribution in [0.1, 0.15) is 23.5 Å². The Hall–Kier alpha value is -2.03. The summed E-state index contributed by atoms with van der Waals surface area (Å²) in [5.41, 5.74) is 7.65. The van der Waals surface area contributed by atoms with Gasteiger partial charge in [-0.25, -0.2) is 9.38 Å². The molecule has 0 heterocycles. The van der Waals surface area contributed by atoms with Crippen molar-refractivity contribution in [2.24, 2.45) is 10.7 Å². The minimum absolute atomic E-state index is 0. The lowest BCUT2D eigenvalue weighted by Crippen LogP contribution is -2.34. The maximum absolute atomic E-state index is 13.8. The third-order valence-electron chi connectivity index (χ3n) is 4.31. The van der Waals surface area contributed by atoms with Gasteiger partial charge in [-0.05, 0) is 35.7 Å². The number of benzene rings is 2. The maximum Gasteiger partial charge on any atom is 0.189 e. The van der Waals surface area contributed by atoms with E-state index >= 15 is 0 Å². The van der Waals surface area contributed by atoms with Crippen LogP contribution < -0.4 is 20.5 Å². The Labute approximate surface area is 169 Å². The number of nitrogens with two attached hydrogens (primary N) is 1. The SMILES string of the molecule is COc1ccc(CN=C(N)NC2CC2c2ccccc2F)cc1OC.I. The fourth-order valence-corrected chi connectivity index (χ4v) is 2.87. The Morgan fingerprint density at radius 1 is 1.19 bits per heavy atom. The molecule has 1 aliphatic carbocycles. The van der Waals surface area contributed by atoms with Crippen LogP contribution in [0.25, 0.3) is 0 Å². The average Bonchev–Trinajstić information content (AvgIpc) is 3.38. The van der Waals surface area contributed by atoms with E-state index in [1.54, 1.807) is 20.3 Å². The Morgan fingerprint density at radius 2 is 1.92 bits per heavy atom. The van der Waals surface area contributed by atoms with Gasteiger partial charge in [0.15, 0.2) is 17.5 Å². The second kappa shape index (κ2) is 9.07. The zero-order chi connectivity index (χ0) is 17.8. The van der Waals surface area contributed by atoms with Crippen LogP contribution in [0.5, 0.6) is 11.5 Å². The van der Waals surface area contributed by atoms with Crippen molar-refractivity contribution >= 4 is 29.9 Å². The monoisotopic (exact) mass is 471 g/mol. The molecule has 1 saturated carbocycles. The molecule has 2 unspecified atom stereocenters. The zero-order valence-electron chi connectivity index (χ0n) is 14.7. The first-order valence-electron chi connectivity index (χ1n) is 8.14. The van der Waals surface area contributed by atoms with Gasteiger partial charge in [-0.3, -0.25) is 0 Å². The van der Waals surface area contributed by atoms with Crippen LogP contribution >= 0.6 is 24.0 Å². The first kappa shape index (κ1) is 20.3. The highest BCUT2D eigenvalue weighted by Gasteiger charge is 2.40. The highest BCUT2D eigenvalue weighted by Crippen LogP contribution is 2.41. The third-order valence-corrected chi connectivity index (χ3v) is 4.31. The summed E-state index contributed by atoms with van der Waals surface area (Å²) in [6, 6.07) is 12.6. The number of rotatable bonds is 6. The van der Waals surface area contributed by atoms with Gasteiger partial charge in [0.05, 0.1) is 20.8 Å². The number of aliphatic imine (C=N–C) groups is 1. The van der Waals surface area contributed by atoms with E-state index in [4.69, 9.17) is 15.2 Å². The molecule has 26 heavy (non-hydrogen) atoms. The predicted molar refractivity (Wildman–Crippen MR) is 111 cm³/mol. The average molecular weight is 471 g/mol. The zero-order valence-corrected chi connectivity index (χ0v) is 17.1.